The monoisotopic (exact) mass is 408 g/mol. The van der Waals surface area contributed by atoms with Crippen molar-refractivity contribution in [3.05, 3.63) is 84.4 Å². The molecule has 5 nitrogen and oxygen atoms in total. The molecular formula is C23H24N2O3S. The molecule has 29 heavy (non-hydrogen) atoms. The summed E-state index contributed by atoms with van der Waals surface area (Å²) in [6.45, 7) is 5.10. The summed E-state index contributed by atoms with van der Waals surface area (Å²) < 4.78 is 28.7. The number of benzene rings is 3. The molecule has 1 amide bonds. The van der Waals surface area contributed by atoms with E-state index in [1.54, 1.807) is 47.4 Å². The van der Waals surface area contributed by atoms with Gasteiger partial charge < -0.3 is 4.90 Å². The van der Waals surface area contributed by atoms with E-state index >= 15 is 0 Å². The van der Waals surface area contributed by atoms with E-state index in [4.69, 9.17) is 0 Å². The summed E-state index contributed by atoms with van der Waals surface area (Å²) in [5, 5.41) is 0. The normalized spacial score (nSPS) is 11.1. The van der Waals surface area contributed by atoms with Crippen molar-refractivity contribution in [1.29, 1.82) is 0 Å². The second-order valence-corrected chi connectivity index (χ2v) is 8.17. The maximum Gasteiger partial charge on any atom is 0.262 e. The first kappa shape index (κ1) is 20.6. The molecule has 0 fully saturated rings. The maximum atomic E-state index is 13.0. The summed E-state index contributed by atoms with van der Waals surface area (Å²) >= 11 is 0. The molecule has 0 saturated carbocycles. The van der Waals surface area contributed by atoms with Crippen LogP contribution in [-0.4, -0.2) is 32.3 Å². The van der Waals surface area contributed by atoms with Gasteiger partial charge in [-0.3, -0.25) is 9.52 Å². The second kappa shape index (κ2) is 8.92. The van der Waals surface area contributed by atoms with E-state index < -0.39 is 10.0 Å². The van der Waals surface area contributed by atoms with Gasteiger partial charge in [-0.1, -0.05) is 48.5 Å². The largest absolute Gasteiger partial charge is 0.339 e. The highest BCUT2D eigenvalue weighted by atomic mass is 32.2. The van der Waals surface area contributed by atoms with E-state index in [0.29, 0.717) is 29.9 Å². The number of rotatable bonds is 7. The lowest BCUT2D eigenvalue weighted by Gasteiger charge is -2.18. The summed E-state index contributed by atoms with van der Waals surface area (Å²) in [6.07, 6.45) is 0. The molecule has 0 saturated heterocycles. The van der Waals surface area contributed by atoms with Crippen molar-refractivity contribution < 1.29 is 13.2 Å². The van der Waals surface area contributed by atoms with Gasteiger partial charge in [0.1, 0.15) is 0 Å². The van der Waals surface area contributed by atoms with Crippen LogP contribution in [0.4, 0.5) is 5.69 Å². The van der Waals surface area contributed by atoms with Crippen molar-refractivity contribution in [3.63, 3.8) is 0 Å². The number of nitrogens with zero attached hydrogens (tertiary/aromatic N) is 1. The van der Waals surface area contributed by atoms with Crippen LogP contribution in [0, 0.1) is 0 Å². The van der Waals surface area contributed by atoms with Gasteiger partial charge in [0.25, 0.3) is 15.9 Å². The number of carbonyl (C=O) groups excluding carboxylic acids is 1. The van der Waals surface area contributed by atoms with Crippen LogP contribution in [0.15, 0.2) is 83.8 Å². The second-order valence-electron chi connectivity index (χ2n) is 6.52. The standard InChI is InChI=1S/C23H24N2O3S/c1-3-25(4-2)23(26)19-14-16-20(17-15-19)24-29(27,28)22-13-9-8-12-21(22)18-10-6-5-7-11-18/h5-17,24H,3-4H2,1-2H3. The molecule has 0 aromatic heterocycles. The van der Waals surface area contributed by atoms with Crippen LogP contribution >= 0.6 is 0 Å². The third-order valence-electron chi connectivity index (χ3n) is 4.70. The molecule has 3 rings (SSSR count). The Morgan fingerprint density at radius 2 is 1.41 bits per heavy atom. The summed E-state index contributed by atoms with van der Waals surface area (Å²) in [6, 6.07) is 22.8. The number of amides is 1. The topological polar surface area (TPSA) is 66.5 Å². The minimum atomic E-state index is -3.80. The summed E-state index contributed by atoms with van der Waals surface area (Å²) in [5.74, 6) is -0.0705. The lowest BCUT2D eigenvalue weighted by Crippen LogP contribution is -2.30. The van der Waals surface area contributed by atoms with E-state index in [-0.39, 0.29) is 10.8 Å². The first-order chi connectivity index (χ1) is 14.0. The number of nitrogens with one attached hydrogen (secondary N) is 1. The molecule has 0 bridgehead atoms. The van der Waals surface area contributed by atoms with Crippen molar-refractivity contribution in [2.24, 2.45) is 0 Å². The Hall–Kier alpha value is -3.12. The summed E-state index contributed by atoms with van der Waals surface area (Å²) in [5.41, 5.74) is 2.40. The van der Waals surface area contributed by atoms with Gasteiger partial charge in [-0.15, -0.1) is 0 Å². The van der Waals surface area contributed by atoms with Crippen molar-refractivity contribution in [1.82, 2.24) is 4.90 Å². The summed E-state index contributed by atoms with van der Waals surface area (Å²) in [7, 11) is -3.80. The molecule has 3 aromatic rings. The molecule has 0 aliphatic carbocycles. The SMILES string of the molecule is CCN(CC)C(=O)c1ccc(NS(=O)(=O)c2ccccc2-c2ccccc2)cc1. The van der Waals surface area contributed by atoms with Gasteiger partial charge in [-0.2, -0.15) is 0 Å². The van der Waals surface area contributed by atoms with Gasteiger partial charge in [-0.25, -0.2) is 8.42 Å². The van der Waals surface area contributed by atoms with E-state index in [1.165, 1.54) is 0 Å². The molecule has 1 N–H and O–H groups in total. The van der Waals surface area contributed by atoms with E-state index in [0.717, 1.165) is 5.56 Å². The molecule has 0 unspecified atom stereocenters. The first-order valence-corrected chi connectivity index (χ1v) is 11.0. The van der Waals surface area contributed by atoms with Crippen LogP contribution < -0.4 is 4.72 Å². The predicted octanol–water partition coefficient (Wildman–Crippen LogP) is 4.64. The zero-order valence-electron chi connectivity index (χ0n) is 16.5. The van der Waals surface area contributed by atoms with E-state index in [1.807, 2.05) is 50.2 Å². The molecule has 0 heterocycles. The molecule has 0 atom stereocenters. The van der Waals surface area contributed by atoms with Gasteiger partial charge in [0.05, 0.1) is 4.90 Å². The van der Waals surface area contributed by atoms with Crippen LogP contribution in [0.3, 0.4) is 0 Å². The molecule has 150 valence electrons. The molecule has 0 aliphatic heterocycles. The third kappa shape index (κ3) is 4.66. The number of anilines is 1. The van der Waals surface area contributed by atoms with Gasteiger partial charge in [0, 0.05) is 29.9 Å². The van der Waals surface area contributed by atoms with Gasteiger partial charge in [0.2, 0.25) is 0 Å². The zero-order chi connectivity index (χ0) is 20.9. The van der Waals surface area contributed by atoms with Crippen LogP contribution in [0.25, 0.3) is 11.1 Å². The highest BCUT2D eigenvalue weighted by Gasteiger charge is 2.19. The maximum absolute atomic E-state index is 13.0. The minimum Gasteiger partial charge on any atom is -0.339 e. The quantitative estimate of drug-likeness (QED) is 0.619. The molecule has 0 spiro atoms. The van der Waals surface area contributed by atoms with Gasteiger partial charge >= 0.3 is 0 Å². The minimum absolute atomic E-state index is 0.0705. The predicted molar refractivity (Wildman–Crippen MR) is 116 cm³/mol. The highest BCUT2D eigenvalue weighted by Crippen LogP contribution is 2.28. The average molecular weight is 409 g/mol. The fraction of sp³-hybridized carbons (Fsp3) is 0.174. The van der Waals surface area contributed by atoms with Crippen LogP contribution in [0.1, 0.15) is 24.2 Å². The highest BCUT2D eigenvalue weighted by molar-refractivity contribution is 7.92. The van der Waals surface area contributed by atoms with Crippen LogP contribution in [-0.2, 0) is 10.0 Å². The molecular weight excluding hydrogens is 384 g/mol. The Balaban J connectivity index is 1.87. The third-order valence-corrected chi connectivity index (χ3v) is 6.14. The number of carbonyl (C=O) groups is 1. The molecule has 0 radical (unpaired) electrons. The van der Waals surface area contributed by atoms with E-state index in [2.05, 4.69) is 4.72 Å². The van der Waals surface area contributed by atoms with Crippen molar-refractivity contribution in [2.75, 3.05) is 17.8 Å². The Morgan fingerprint density at radius 3 is 2.03 bits per heavy atom. The Labute approximate surface area is 172 Å². The Bertz CT molecular complexity index is 1070. The van der Waals surface area contributed by atoms with Crippen molar-refractivity contribution >= 4 is 21.6 Å². The van der Waals surface area contributed by atoms with Gasteiger partial charge in [0.15, 0.2) is 0 Å². The molecule has 6 heteroatoms. The van der Waals surface area contributed by atoms with Crippen LogP contribution in [0.2, 0.25) is 0 Å². The van der Waals surface area contributed by atoms with Crippen LogP contribution in [0.5, 0.6) is 0 Å². The van der Waals surface area contributed by atoms with E-state index in [9.17, 15) is 13.2 Å². The lowest BCUT2D eigenvalue weighted by molar-refractivity contribution is 0.0773. The number of hydrogen-bond acceptors (Lipinski definition) is 3. The van der Waals surface area contributed by atoms with Crippen molar-refractivity contribution in [2.45, 2.75) is 18.7 Å². The number of sulfonamides is 1. The fourth-order valence-corrected chi connectivity index (χ4v) is 4.43. The lowest BCUT2D eigenvalue weighted by atomic mass is 10.1. The Kier molecular flexibility index (Phi) is 6.34. The van der Waals surface area contributed by atoms with Gasteiger partial charge in [-0.05, 0) is 49.7 Å². The summed E-state index contributed by atoms with van der Waals surface area (Å²) in [4.78, 5) is 14.3. The number of hydrogen-bond donors (Lipinski definition) is 1. The molecule has 0 aliphatic rings. The smallest absolute Gasteiger partial charge is 0.262 e. The molecule has 3 aromatic carbocycles. The fourth-order valence-electron chi connectivity index (χ4n) is 3.14. The zero-order valence-corrected chi connectivity index (χ0v) is 17.3. The first-order valence-electron chi connectivity index (χ1n) is 9.53. The average Bonchev–Trinajstić information content (AvgIpc) is 2.75. The van der Waals surface area contributed by atoms with Crippen molar-refractivity contribution in [3.8, 4) is 11.1 Å². The Morgan fingerprint density at radius 1 is 0.828 bits per heavy atom.